The predicted molar refractivity (Wildman–Crippen MR) is 27.6 cm³/mol. The lowest BCUT2D eigenvalue weighted by atomic mass is 10.0. The van der Waals surface area contributed by atoms with E-state index in [1.54, 1.807) is 4.90 Å². The molecule has 0 aromatic rings. The van der Waals surface area contributed by atoms with Crippen LogP contribution < -0.4 is 0 Å². The lowest BCUT2D eigenvalue weighted by molar-refractivity contribution is -0.139. The minimum absolute atomic E-state index is 0.194. The summed E-state index contributed by atoms with van der Waals surface area (Å²) in [4.78, 5) is 12.2. The Balaban J connectivity index is 2.24. The van der Waals surface area contributed by atoms with E-state index in [1.807, 2.05) is 0 Å². The molecule has 0 unspecified atom stereocenters. The highest BCUT2D eigenvalue weighted by atomic mass is 16.2. The van der Waals surface area contributed by atoms with Crippen LogP contribution in [0.2, 0.25) is 0 Å². The summed E-state index contributed by atoms with van der Waals surface area (Å²) in [6.07, 6.45) is 1.60. The highest BCUT2D eigenvalue weighted by Crippen LogP contribution is 2.23. The van der Waals surface area contributed by atoms with E-state index < -0.39 is 0 Å². The van der Waals surface area contributed by atoms with Gasteiger partial charge in [0, 0.05) is 12.5 Å². The van der Waals surface area contributed by atoms with Crippen molar-refractivity contribution in [3.63, 3.8) is 0 Å². The van der Waals surface area contributed by atoms with Crippen molar-refractivity contribution in [2.75, 3.05) is 0 Å². The number of β-lactam (4-membered cyclic amide) rings is 1. The second kappa shape index (κ2) is 1.05. The Morgan fingerprint density at radius 3 is 3.12 bits per heavy atom. The molecule has 2 nitrogen and oxygen atoms in total. The van der Waals surface area contributed by atoms with Gasteiger partial charge in [-0.15, -0.1) is 0 Å². The molecular formula is C6H5NO. The quantitative estimate of drug-likeness (QED) is 0.314. The fourth-order valence-electron chi connectivity index (χ4n) is 1.05. The van der Waals surface area contributed by atoms with E-state index in [1.165, 1.54) is 0 Å². The third kappa shape index (κ3) is 0.282. The number of rotatable bonds is 0. The van der Waals surface area contributed by atoms with Gasteiger partial charge in [-0.05, 0) is 0 Å². The number of hydrogen-bond donors (Lipinski definition) is 0. The van der Waals surface area contributed by atoms with Crippen molar-refractivity contribution in [1.82, 2.24) is 4.90 Å². The van der Waals surface area contributed by atoms with Gasteiger partial charge in [0.05, 0.1) is 12.5 Å². The van der Waals surface area contributed by atoms with E-state index in [-0.39, 0.29) is 5.91 Å². The second-order valence-corrected chi connectivity index (χ2v) is 2.11. The molecular weight excluding hydrogens is 102 g/mol. The van der Waals surface area contributed by atoms with Crippen LogP contribution in [-0.2, 0) is 4.79 Å². The molecule has 8 heavy (non-hydrogen) atoms. The van der Waals surface area contributed by atoms with Crippen molar-refractivity contribution < 1.29 is 4.79 Å². The molecule has 0 radical (unpaired) electrons. The zero-order valence-electron chi connectivity index (χ0n) is 4.35. The van der Waals surface area contributed by atoms with Gasteiger partial charge in [0.2, 0.25) is 5.91 Å². The second-order valence-electron chi connectivity index (χ2n) is 2.11. The topological polar surface area (TPSA) is 20.3 Å². The first-order valence-corrected chi connectivity index (χ1v) is 2.68. The highest BCUT2D eigenvalue weighted by Gasteiger charge is 2.36. The normalized spacial score (nSPS) is 30.8. The van der Waals surface area contributed by atoms with Gasteiger partial charge in [-0.2, -0.15) is 0 Å². The standard InChI is InChI=1S/C6H5NO/c8-6-4-5-2-1-3-7(5)6/h5H,2,4H2/t5-/m1/s1. The number of carbonyl (C=O) groups excluding carboxylic acids is 1. The van der Waals surface area contributed by atoms with Gasteiger partial charge >= 0.3 is 0 Å². The van der Waals surface area contributed by atoms with Crippen LogP contribution in [0.4, 0.5) is 0 Å². The zero-order chi connectivity index (χ0) is 5.56. The molecule has 0 aliphatic carbocycles. The predicted octanol–water partition coefficient (Wildman–Crippen LogP) is -0.0481. The Morgan fingerprint density at radius 1 is 1.75 bits per heavy atom. The van der Waals surface area contributed by atoms with Gasteiger partial charge in [0.1, 0.15) is 0 Å². The number of carbonyl (C=O) groups is 1. The molecule has 2 rings (SSSR count). The molecule has 1 saturated heterocycles. The summed E-state index contributed by atoms with van der Waals surface area (Å²) in [5, 5.41) is 0. The number of nitrogens with zero attached hydrogens (tertiary/aromatic N) is 1. The maximum Gasteiger partial charge on any atom is 0.236 e. The number of hydrogen-bond acceptors (Lipinski definition) is 1. The van der Waals surface area contributed by atoms with Gasteiger partial charge in [-0.1, -0.05) is 5.92 Å². The summed E-state index contributed by atoms with van der Waals surface area (Å²) in [6, 6.07) is 3.17. The van der Waals surface area contributed by atoms with Crippen LogP contribution in [0, 0.1) is 12.0 Å². The lowest BCUT2D eigenvalue weighted by Crippen LogP contribution is -2.46. The van der Waals surface area contributed by atoms with Gasteiger partial charge in [0.15, 0.2) is 0 Å². The molecule has 1 fully saturated rings. The van der Waals surface area contributed by atoms with E-state index in [0.717, 1.165) is 6.42 Å². The molecule has 0 saturated carbocycles. The number of fused-ring (bicyclic) bond motifs is 1. The molecule has 0 N–H and O–H groups in total. The molecule has 1 amide bonds. The molecule has 1 atom stereocenters. The summed E-state index contributed by atoms with van der Waals surface area (Å²) < 4.78 is 0. The zero-order valence-corrected chi connectivity index (χ0v) is 4.35. The molecule has 0 aromatic carbocycles. The first-order chi connectivity index (χ1) is 3.88. The first kappa shape index (κ1) is 3.96. The van der Waals surface area contributed by atoms with Crippen molar-refractivity contribution >= 4 is 5.91 Å². The van der Waals surface area contributed by atoms with Gasteiger partial charge in [0.25, 0.3) is 0 Å². The summed E-state index contributed by atoms with van der Waals surface area (Å²) in [7, 11) is 0. The SMILES string of the molecule is O=C1C[C@H]2CC#CN12. The van der Waals surface area contributed by atoms with Gasteiger partial charge in [-0.25, -0.2) is 0 Å². The van der Waals surface area contributed by atoms with Crippen LogP contribution in [-0.4, -0.2) is 16.8 Å². The summed E-state index contributed by atoms with van der Waals surface area (Å²) in [5.74, 6) is 3.06. The van der Waals surface area contributed by atoms with Gasteiger partial charge in [-0.3, -0.25) is 9.69 Å². The largest absolute Gasteiger partial charge is 0.274 e. The van der Waals surface area contributed by atoms with Crippen LogP contribution in [0.5, 0.6) is 0 Å². The minimum atomic E-state index is 0.194. The van der Waals surface area contributed by atoms with E-state index >= 15 is 0 Å². The highest BCUT2D eigenvalue weighted by molar-refractivity contribution is 5.85. The lowest BCUT2D eigenvalue weighted by Gasteiger charge is -2.30. The maximum absolute atomic E-state index is 10.5. The van der Waals surface area contributed by atoms with Crippen molar-refractivity contribution in [1.29, 1.82) is 0 Å². The Kier molecular flexibility index (Phi) is 0.522. The molecule has 2 aliphatic heterocycles. The van der Waals surface area contributed by atoms with E-state index in [4.69, 9.17) is 0 Å². The van der Waals surface area contributed by atoms with Crippen LogP contribution in [0.15, 0.2) is 0 Å². The van der Waals surface area contributed by atoms with E-state index in [9.17, 15) is 4.79 Å². The Morgan fingerprint density at radius 2 is 2.62 bits per heavy atom. The molecule has 0 bridgehead atoms. The summed E-state index contributed by atoms with van der Waals surface area (Å²) in [5.41, 5.74) is 0. The smallest absolute Gasteiger partial charge is 0.236 e. The van der Waals surface area contributed by atoms with Crippen LogP contribution in [0.3, 0.4) is 0 Å². The average molecular weight is 107 g/mol. The Labute approximate surface area is 47.5 Å². The average Bonchev–Trinajstić information content (AvgIpc) is 2.09. The third-order valence-corrected chi connectivity index (χ3v) is 1.58. The van der Waals surface area contributed by atoms with Crippen LogP contribution in [0.1, 0.15) is 12.8 Å². The Bertz CT molecular complexity index is 198. The maximum atomic E-state index is 10.5. The minimum Gasteiger partial charge on any atom is -0.274 e. The molecule has 2 heteroatoms. The molecule has 0 spiro atoms. The van der Waals surface area contributed by atoms with Crippen molar-refractivity contribution in [2.24, 2.45) is 0 Å². The molecule has 2 heterocycles. The fraction of sp³-hybridized carbons (Fsp3) is 0.500. The third-order valence-electron chi connectivity index (χ3n) is 1.58. The van der Waals surface area contributed by atoms with E-state index in [0.29, 0.717) is 12.5 Å². The van der Waals surface area contributed by atoms with Crippen LogP contribution in [0.25, 0.3) is 0 Å². The molecule has 40 valence electrons. The van der Waals surface area contributed by atoms with Gasteiger partial charge < -0.3 is 0 Å². The fourth-order valence-corrected chi connectivity index (χ4v) is 1.05. The summed E-state index contributed by atoms with van der Waals surface area (Å²) in [6.45, 7) is 0. The summed E-state index contributed by atoms with van der Waals surface area (Å²) >= 11 is 0. The Hall–Kier alpha value is -0.970. The van der Waals surface area contributed by atoms with Crippen molar-refractivity contribution in [2.45, 2.75) is 18.9 Å². The first-order valence-electron chi connectivity index (χ1n) is 2.68. The monoisotopic (exact) mass is 107 g/mol. The van der Waals surface area contributed by atoms with E-state index in [2.05, 4.69) is 12.0 Å². The molecule has 0 aromatic heterocycles. The number of amides is 1. The molecule has 2 aliphatic rings. The van der Waals surface area contributed by atoms with Crippen LogP contribution >= 0.6 is 0 Å². The van der Waals surface area contributed by atoms with Crippen molar-refractivity contribution in [3.05, 3.63) is 0 Å². The van der Waals surface area contributed by atoms with Crippen molar-refractivity contribution in [3.8, 4) is 12.0 Å².